The predicted molar refractivity (Wildman–Crippen MR) is 109 cm³/mol. The first-order chi connectivity index (χ1) is 13.0. The summed E-state index contributed by atoms with van der Waals surface area (Å²) >= 11 is 8.23. The van der Waals surface area contributed by atoms with Crippen molar-refractivity contribution in [2.45, 2.75) is 40.0 Å². The minimum absolute atomic E-state index is 0.689. The molecule has 4 aromatic rings. The molecule has 0 amide bonds. The lowest BCUT2D eigenvalue weighted by atomic mass is 10.1. The van der Waals surface area contributed by atoms with Gasteiger partial charge in [-0.2, -0.15) is 10.2 Å². The van der Waals surface area contributed by atoms with Gasteiger partial charge in [-0.15, -0.1) is 11.3 Å². The highest BCUT2D eigenvalue weighted by atomic mass is 35.5. The van der Waals surface area contributed by atoms with Gasteiger partial charge in [-0.25, -0.2) is 19.2 Å². The highest BCUT2D eigenvalue weighted by Gasteiger charge is 2.21. The second kappa shape index (κ2) is 7.05. The van der Waals surface area contributed by atoms with Crippen LogP contribution < -0.4 is 0 Å². The first-order valence-corrected chi connectivity index (χ1v) is 10.2. The summed E-state index contributed by atoms with van der Waals surface area (Å²) in [6, 6.07) is 4.07. The van der Waals surface area contributed by atoms with E-state index in [1.807, 2.05) is 31.5 Å². The highest BCUT2D eigenvalue weighted by Crippen LogP contribution is 2.42. The molecule has 0 aliphatic heterocycles. The molecule has 8 heteroatoms. The Labute approximate surface area is 166 Å². The Morgan fingerprint density at radius 1 is 1.22 bits per heavy atom. The van der Waals surface area contributed by atoms with Crippen molar-refractivity contribution in [2.75, 3.05) is 0 Å². The normalized spacial score (nSPS) is 11.6. The van der Waals surface area contributed by atoms with Crippen LogP contribution in [0.3, 0.4) is 0 Å². The van der Waals surface area contributed by atoms with E-state index in [1.165, 1.54) is 5.69 Å². The fraction of sp³-hybridized carbons (Fsp3) is 0.368. The van der Waals surface area contributed by atoms with Gasteiger partial charge in [-0.1, -0.05) is 24.9 Å². The van der Waals surface area contributed by atoms with Crippen LogP contribution in [0.2, 0.25) is 5.02 Å². The summed E-state index contributed by atoms with van der Waals surface area (Å²) in [5.74, 6) is 0.801. The highest BCUT2D eigenvalue weighted by molar-refractivity contribution is 7.19. The van der Waals surface area contributed by atoms with E-state index in [2.05, 4.69) is 23.1 Å². The third-order valence-corrected chi connectivity index (χ3v) is 6.16. The van der Waals surface area contributed by atoms with Crippen molar-refractivity contribution in [3.63, 3.8) is 0 Å². The smallest absolute Gasteiger partial charge is 0.167 e. The Hall–Kier alpha value is -2.25. The van der Waals surface area contributed by atoms with Crippen LogP contribution in [0, 0.1) is 13.8 Å². The largest absolute Gasteiger partial charge is 0.248 e. The van der Waals surface area contributed by atoms with E-state index < -0.39 is 0 Å². The second-order valence-electron chi connectivity index (χ2n) is 6.68. The predicted octanol–water partition coefficient (Wildman–Crippen LogP) is 4.87. The number of thiophene rings is 1. The molecule has 4 rings (SSSR count). The molecule has 4 heterocycles. The van der Waals surface area contributed by atoms with Crippen molar-refractivity contribution in [1.82, 2.24) is 29.4 Å². The van der Waals surface area contributed by atoms with E-state index >= 15 is 0 Å². The van der Waals surface area contributed by atoms with Crippen molar-refractivity contribution < 1.29 is 0 Å². The molecule has 4 aromatic heterocycles. The molecule has 0 bridgehead atoms. The third-order valence-electron chi connectivity index (χ3n) is 4.60. The van der Waals surface area contributed by atoms with Crippen molar-refractivity contribution >= 4 is 28.6 Å². The van der Waals surface area contributed by atoms with Crippen LogP contribution in [0.5, 0.6) is 0 Å². The SMILES string of the molecule is CCCCc1cc(C)nc2c(-c3sc(-c4ncnn4C)cc3Cl)c(C)nn12. The molecule has 27 heavy (non-hydrogen) atoms. The summed E-state index contributed by atoms with van der Waals surface area (Å²) < 4.78 is 3.73. The summed E-state index contributed by atoms with van der Waals surface area (Å²) in [6.07, 6.45) is 4.81. The van der Waals surface area contributed by atoms with E-state index in [9.17, 15) is 0 Å². The van der Waals surface area contributed by atoms with E-state index in [4.69, 9.17) is 21.7 Å². The van der Waals surface area contributed by atoms with Gasteiger partial charge in [0, 0.05) is 18.4 Å². The number of halogens is 1. The Kier molecular flexibility index (Phi) is 4.74. The van der Waals surface area contributed by atoms with Crippen molar-refractivity contribution in [3.05, 3.63) is 40.6 Å². The van der Waals surface area contributed by atoms with Crippen LogP contribution in [0.15, 0.2) is 18.5 Å². The van der Waals surface area contributed by atoms with Crippen LogP contribution >= 0.6 is 22.9 Å². The molecule has 0 aliphatic carbocycles. The summed E-state index contributed by atoms with van der Waals surface area (Å²) in [5.41, 5.74) is 4.98. The van der Waals surface area contributed by atoms with Crippen LogP contribution in [-0.2, 0) is 13.5 Å². The van der Waals surface area contributed by atoms with Crippen LogP contribution in [0.4, 0.5) is 0 Å². The van der Waals surface area contributed by atoms with Gasteiger partial charge in [0.25, 0.3) is 0 Å². The van der Waals surface area contributed by atoms with E-state index in [0.29, 0.717) is 5.02 Å². The molecule has 0 atom stereocenters. The molecule has 0 saturated heterocycles. The zero-order chi connectivity index (χ0) is 19.1. The second-order valence-corrected chi connectivity index (χ2v) is 8.14. The Morgan fingerprint density at radius 3 is 2.74 bits per heavy atom. The maximum atomic E-state index is 6.63. The first kappa shape index (κ1) is 18.1. The van der Waals surface area contributed by atoms with Gasteiger partial charge in [0.2, 0.25) is 0 Å². The van der Waals surface area contributed by atoms with Crippen LogP contribution in [0.25, 0.3) is 26.8 Å². The lowest BCUT2D eigenvalue weighted by Gasteiger charge is -2.06. The fourth-order valence-electron chi connectivity index (χ4n) is 3.29. The molecule has 0 saturated carbocycles. The monoisotopic (exact) mass is 400 g/mol. The number of rotatable bonds is 5. The molecule has 140 valence electrons. The van der Waals surface area contributed by atoms with Gasteiger partial charge in [0.15, 0.2) is 11.5 Å². The summed E-state index contributed by atoms with van der Waals surface area (Å²) in [7, 11) is 1.88. The zero-order valence-corrected chi connectivity index (χ0v) is 17.4. The molecular formula is C19H21ClN6S. The maximum Gasteiger partial charge on any atom is 0.167 e. The topological polar surface area (TPSA) is 60.9 Å². The molecule has 0 fully saturated rings. The number of aromatic nitrogens is 6. The number of hydrogen-bond donors (Lipinski definition) is 0. The summed E-state index contributed by atoms with van der Waals surface area (Å²) in [6.45, 7) is 6.24. The van der Waals surface area contributed by atoms with Crippen molar-refractivity contribution in [1.29, 1.82) is 0 Å². The standard InChI is InChI=1S/C19H21ClN6S/c1-5-6-7-13-8-11(2)23-19-16(12(3)24-26(13)19)17-14(20)9-15(27-17)18-21-10-22-25(18)4/h8-10H,5-7H2,1-4H3. The number of aryl methyl sites for hydroxylation is 4. The molecule has 0 spiro atoms. The molecule has 0 unspecified atom stereocenters. The number of fused-ring (bicyclic) bond motifs is 1. The van der Waals surface area contributed by atoms with Crippen molar-refractivity contribution in [3.8, 4) is 21.1 Å². The molecule has 0 aliphatic rings. The van der Waals surface area contributed by atoms with Crippen molar-refractivity contribution in [2.24, 2.45) is 7.05 Å². The summed E-state index contributed by atoms with van der Waals surface area (Å²) in [4.78, 5) is 11.1. The van der Waals surface area contributed by atoms with Gasteiger partial charge in [0.1, 0.15) is 6.33 Å². The van der Waals surface area contributed by atoms with Gasteiger partial charge in [0.05, 0.1) is 26.0 Å². The molecule has 0 N–H and O–H groups in total. The number of hydrogen-bond acceptors (Lipinski definition) is 5. The van der Waals surface area contributed by atoms with Gasteiger partial charge in [-0.05, 0) is 38.8 Å². The third kappa shape index (κ3) is 3.15. The van der Waals surface area contributed by atoms with Gasteiger partial charge in [-0.3, -0.25) is 0 Å². The molecule has 0 aromatic carbocycles. The fourth-order valence-corrected chi connectivity index (χ4v) is 4.85. The minimum Gasteiger partial charge on any atom is -0.248 e. The Balaban J connectivity index is 1.90. The molecule has 0 radical (unpaired) electrons. The van der Waals surface area contributed by atoms with E-state index in [0.717, 1.165) is 57.4 Å². The minimum atomic E-state index is 0.689. The number of nitrogens with zero attached hydrogens (tertiary/aromatic N) is 6. The van der Waals surface area contributed by atoms with E-state index in [-0.39, 0.29) is 0 Å². The zero-order valence-electron chi connectivity index (χ0n) is 15.8. The lowest BCUT2D eigenvalue weighted by molar-refractivity contribution is 0.733. The summed E-state index contributed by atoms with van der Waals surface area (Å²) in [5, 5.41) is 9.63. The average molecular weight is 401 g/mol. The maximum absolute atomic E-state index is 6.63. The lowest BCUT2D eigenvalue weighted by Crippen LogP contribution is -2.02. The van der Waals surface area contributed by atoms with E-state index in [1.54, 1.807) is 22.3 Å². The van der Waals surface area contributed by atoms with Crippen LogP contribution in [0.1, 0.15) is 36.8 Å². The first-order valence-electron chi connectivity index (χ1n) is 8.99. The number of unbranched alkanes of at least 4 members (excludes halogenated alkanes) is 1. The van der Waals surface area contributed by atoms with Gasteiger partial charge < -0.3 is 0 Å². The molecule has 6 nitrogen and oxygen atoms in total. The van der Waals surface area contributed by atoms with Gasteiger partial charge >= 0.3 is 0 Å². The average Bonchev–Trinajstić information content (AvgIpc) is 3.29. The van der Waals surface area contributed by atoms with Crippen LogP contribution in [-0.4, -0.2) is 29.4 Å². The molecular weight excluding hydrogens is 380 g/mol. The Morgan fingerprint density at radius 2 is 2.04 bits per heavy atom. The quantitative estimate of drug-likeness (QED) is 0.479. The Bertz CT molecular complexity index is 1120.